The monoisotopic (exact) mass is 237 g/mol. The molecule has 0 aliphatic carbocycles. The Labute approximate surface area is 98.4 Å². The van der Waals surface area contributed by atoms with E-state index in [1.807, 2.05) is 36.4 Å². The normalized spacial score (nSPS) is 10.3. The maximum absolute atomic E-state index is 6.09. The minimum atomic E-state index is 0.636. The summed E-state index contributed by atoms with van der Waals surface area (Å²) in [6.07, 6.45) is 0. The molecule has 76 valence electrons. The van der Waals surface area contributed by atoms with Crippen LogP contribution in [0.15, 0.2) is 42.5 Å². The van der Waals surface area contributed by atoms with E-state index < -0.39 is 0 Å². The Morgan fingerprint density at radius 3 is 2.40 bits per heavy atom. The average Bonchev–Trinajstić information content (AvgIpc) is 2.17. The number of hydrogen-bond donors (Lipinski definition) is 1. The molecular formula is C12H9Cl2N. The summed E-state index contributed by atoms with van der Waals surface area (Å²) in [7, 11) is 0. The standard InChI is InChI=1S/C12H9Cl2N/c13-9-3-1-2-8(6-9)11-5-4-10(15)7-12(11)14/h1-7H,15H2. The quantitative estimate of drug-likeness (QED) is 0.738. The highest BCUT2D eigenvalue weighted by Gasteiger charge is 2.03. The Bertz CT molecular complexity index is 495. The van der Waals surface area contributed by atoms with Crippen LogP contribution in [0.4, 0.5) is 5.69 Å². The average molecular weight is 238 g/mol. The van der Waals surface area contributed by atoms with Crippen LogP contribution in [-0.2, 0) is 0 Å². The molecular weight excluding hydrogens is 229 g/mol. The van der Waals surface area contributed by atoms with Gasteiger partial charge in [-0.25, -0.2) is 0 Å². The van der Waals surface area contributed by atoms with Gasteiger partial charge < -0.3 is 5.73 Å². The molecule has 0 heterocycles. The van der Waals surface area contributed by atoms with Gasteiger partial charge in [0.15, 0.2) is 0 Å². The van der Waals surface area contributed by atoms with Gasteiger partial charge in [0.2, 0.25) is 0 Å². The third-order valence-corrected chi connectivity index (χ3v) is 2.68. The highest BCUT2D eigenvalue weighted by atomic mass is 35.5. The molecule has 0 saturated carbocycles. The van der Waals surface area contributed by atoms with Gasteiger partial charge in [0, 0.05) is 16.3 Å². The highest BCUT2D eigenvalue weighted by molar-refractivity contribution is 6.34. The molecule has 2 N–H and O–H groups in total. The van der Waals surface area contributed by atoms with Crippen molar-refractivity contribution in [3.63, 3.8) is 0 Å². The second-order valence-electron chi connectivity index (χ2n) is 3.25. The fourth-order valence-corrected chi connectivity index (χ4v) is 1.91. The Morgan fingerprint density at radius 2 is 1.73 bits per heavy atom. The van der Waals surface area contributed by atoms with E-state index in [0.717, 1.165) is 11.1 Å². The third-order valence-electron chi connectivity index (χ3n) is 2.13. The van der Waals surface area contributed by atoms with E-state index in [4.69, 9.17) is 28.9 Å². The summed E-state index contributed by atoms with van der Waals surface area (Å²) in [6.45, 7) is 0. The van der Waals surface area contributed by atoms with Crippen LogP contribution in [0, 0.1) is 0 Å². The lowest BCUT2D eigenvalue weighted by molar-refractivity contribution is 1.61. The first-order valence-corrected chi connectivity index (χ1v) is 5.23. The number of nitrogen functional groups attached to an aromatic ring is 1. The molecule has 0 aliphatic rings. The molecule has 0 unspecified atom stereocenters. The molecule has 0 aliphatic heterocycles. The van der Waals surface area contributed by atoms with Gasteiger partial charge in [-0.2, -0.15) is 0 Å². The number of rotatable bonds is 1. The number of hydrogen-bond acceptors (Lipinski definition) is 1. The summed E-state index contributed by atoms with van der Waals surface area (Å²) < 4.78 is 0. The lowest BCUT2D eigenvalue weighted by atomic mass is 10.1. The summed E-state index contributed by atoms with van der Waals surface area (Å²) in [6, 6.07) is 13.0. The van der Waals surface area contributed by atoms with E-state index in [1.54, 1.807) is 6.07 Å². The first-order chi connectivity index (χ1) is 7.16. The van der Waals surface area contributed by atoms with E-state index in [0.29, 0.717) is 15.7 Å². The predicted octanol–water partition coefficient (Wildman–Crippen LogP) is 4.24. The van der Waals surface area contributed by atoms with Crippen molar-refractivity contribution >= 4 is 28.9 Å². The Kier molecular flexibility index (Phi) is 2.85. The molecule has 2 aromatic rings. The van der Waals surface area contributed by atoms with Gasteiger partial charge in [-0.15, -0.1) is 0 Å². The SMILES string of the molecule is Nc1ccc(-c2cccc(Cl)c2)c(Cl)c1. The van der Waals surface area contributed by atoms with Gasteiger partial charge >= 0.3 is 0 Å². The number of benzene rings is 2. The van der Waals surface area contributed by atoms with E-state index in [-0.39, 0.29) is 0 Å². The molecule has 1 nitrogen and oxygen atoms in total. The topological polar surface area (TPSA) is 26.0 Å². The minimum Gasteiger partial charge on any atom is -0.399 e. The second-order valence-corrected chi connectivity index (χ2v) is 4.09. The predicted molar refractivity (Wildman–Crippen MR) is 66.3 cm³/mol. The fourth-order valence-electron chi connectivity index (χ4n) is 1.42. The maximum atomic E-state index is 6.09. The van der Waals surface area contributed by atoms with Gasteiger partial charge in [0.1, 0.15) is 0 Å². The van der Waals surface area contributed by atoms with Gasteiger partial charge in [0.05, 0.1) is 5.02 Å². The molecule has 0 bridgehead atoms. The fraction of sp³-hybridized carbons (Fsp3) is 0. The Balaban J connectivity index is 2.54. The smallest absolute Gasteiger partial charge is 0.0504 e. The van der Waals surface area contributed by atoms with E-state index >= 15 is 0 Å². The van der Waals surface area contributed by atoms with Crippen molar-refractivity contribution in [2.75, 3.05) is 5.73 Å². The van der Waals surface area contributed by atoms with Crippen LogP contribution in [0.1, 0.15) is 0 Å². The van der Waals surface area contributed by atoms with Crippen LogP contribution in [0.3, 0.4) is 0 Å². The molecule has 15 heavy (non-hydrogen) atoms. The molecule has 0 spiro atoms. The molecule has 0 aromatic heterocycles. The van der Waals surface area contributed by atoms with E-state index in [9.17, 15) is 0 Å². The summed E-state index contributed by atoms with van der Waals surface area (Å²) in [4.78, 5) is 0. The van der Waals surface area contributed by atoms with Gasteiger partial charge in [-0.05, 0) is 29.8 Å². The van der Waals surface area contributed by atoms with Gasteiger partial charge in [-0.3, -0.25) is 0 Å². The van der Waals surface area contributed by atoms with Crippen molar-refractivity contribution in [3.8, 4) is 11.1 Å². The largest absolute Gasteiger partial charge is 0.399 e. The lowest BCUT2D eigenvalue weighted by Crippen LogP contribution is -1.85. The van der Waals surface area contributed by atoms with Crippen molar-refractivity contribution in [3.05, 3.63) is 52.5 Å². The van der Waals surface area contributed by atoms with Crippen LogP contribution in [0.25, 0.3) is 11.1 Å². The summed E-state index contributed by atoms with van der Waals surface area (Å²) in [5.41, 5.74) is 8.21. The first kappa shape index (κ1) is 10.3. The van der Waals surface area contributed by atoms with Gasteiger partial charge in [-0.1, -0.05) is 41.4 Å². The number of nitrogens with two attached hydrogens (primary N) is 1. The van der Waals surface area contributed by atoms with Crippen LogP contribution >= 0.6 is 23.2 Å². The molecule has 0 atom stereocenters. The number of anilines is 1. The second kappa shape index (κ2) is 4.13. The zero-order valence-corrected chi connectivity index (χ0v) is 9.39. The minimum absolute atomic E-state index is 0.636. The molecule has 3 heteroatoms. The molecule has 2 aromatic carbocycles. The van der Waals surface area contributed by atoms with E-state index in [2.05, 4.69) is 0 Å². The molecule has 0 amide bonds. The lowest BCUT2D eigenvalue weighted by Gasteiger charge is -2.05. The van der Waals surface area contributed by atoms with Crippen molar-refractivity contribution < 1.29 is 0 Å². The van der Waals surface area contributed by atoms with Crippen molar-refractivity contribution in [1.82, 2.24) is 0 Å². The zero-order chi connectivity index (χ0) is 10.8. The zero-order valence-electron chi connectivity index (χ0n) is 7.87. The van der Waals surface area contributed by atoms with Crippen LogP contribution in [0.2, 0.25) is 10.0 Å². The van der Waals surface area contributed by atoms with Crippen LogP contribution in [0.5, 0.6) is 0 Å². The van der Waals surface area contributed by atoms with Crippen molar-refractivity contribution in [1.29, 1.82) is 0 Å². The summed E-state index contributed by atoms with van der Waals surface area (Å²) in [5, 5.41) is 1.33. The number of halogens is 2. The highest BCUT2D eigenvalue weighted by Crippen LogP contribution is 2.30. The third kappa shape index (κ3) is 2.25. The maximum Gasteiger partial charge on any atom is 0.0504 e. The van der Waals surface area contributed by atoms with E-state index in [1.165, 1.54) is 0 Å². The molecule has 0 fully saturated rings. The van der Waals surface area contributed by atoms with Crippen molar-refractivity contribution in [2.24, 2.45) is 0 Å². The van der Waals surface area contributed by atoms with Gasteiger partial charge in [0.25, 0.3) is 0 Å². The Hall–Kier alpha value is -1.18. The molecule has 2 rings (SSSR count). The Morgan fingerprint density at radius 1 is 0.933 bits per heavy atom. The molecule has 0 radical (unpaired) electrons. The molecule has 0 saturated heterocycles. The summed E-state index contributed by atoms with van der Waals surface area (Å²) in [5.74, 6) is 0. The van der Waals surface area contributed by atoms with Crippen LogP contribution < -0.4 is 5.73 Å². The van der Waals surface area contributed by atoms with Crippen LogP contribution in [-0.4, -0.2) is 0 Å². The first-order valence-electron chi connectivity index (χ1n) is 4.48. The van der Waals surface area contributed by atoms with Crippen molar-refractivity contribution in [2.45, 2.75) is 0 Å². The summed E-state index contributed by atoms with van der Waals surface area (Å²) >= 11 is 12.0.